The van der Waals surface area contributed by atoms with Crippen LogP contribution in [0.3, 0.4) is 0 Å². The average molecular weight is 477 g/mol. The highest BCUT2D eigenvalue weighted by molar-refractivity contribution is 8.00. The number of piperidine rings is 1. The quantitative estimate of drug-likeness (QED) is 0.563. The van der Waals surface area contributed by atoms with E-state index in [-0.39, 0.29) is 5.91 Å². The molecule has 8 nitrogen and oxygen atoms in total. The highest BCUT2D eigenvalue weighted by atomic mass is 32.2. The number of rotatable bonds is 8. The van der Waals surface area contributed by atoms with Crippen molar-refractivity contribution in [3.8, 4) is 0 Å². The van der Waals surface area contributed by atoms with Gasteiger partial charge in [-0.15, -0.1) is 21.5 Å². The van der Waals surface area contributed by atoms with Gasteiger partial charge in [-0.1, -0.05) is 25.6 Å². The van der Waals surface area contributed by atoms with Gasteiger partial charge in [-0.2, -0.15) is 0 Å². The van der Waals surface area contributed by atoms with E-state index in [0.717, 1.165) is 60.4 Å². The Morgan fingerprint density at radius 2 is 1.88 bits per heavy atom. The van der Waals surface area contributed by atoms with Gasteiger partial charge in [0.1, 0.15) is 5.00 Å². The molecule has 0 radical (unpaired) electrons. The third-order valence-corrected chi connectivity index (χ3v) is 8.23. The molecule has 0 aromatic carbocycles. The Hall–Kier alpha value is -2.07. The first-order valence-electron chi connectivity index (χ1n) is 11.4. The highest BCUT2D eigenvalue weighted by Gasteiger charge is 2.28. The molecular weight excluding hydrogens is 444 g/mol. The minimum atomic E-state index is -0.470. The molecule has 0 bridgehead atoms. The molecule has 2 aromatic rings. The van der Waals surface area contributed by atoms with Gasteiger partial charge in [0, 0.05) is 24.5 Å². The predicted octanol–water partition coefficient (Wildman–Crippen LogP) is 3.69. The van der Waals surface area contributed by atoms with Crippen molar-refractivity contribution in [2.75, 3.05) is 23.3 Å². The van der Waals surface area contributed by atoms with Crippen molar-refractivity contribution >= 4 is 45.9 Å². The van der Waals surface area contributed by atoms with Crippen molar-refractivity contribution in [3.05, 3.63) is 16.0 Å². The number of primary amides is 1. The second-order valence-electron chi connectivity index (χ2n) is 9.01. The number of nitrogens with one attached hydrogen (secondary N) is 1. The van der Waals surface area contributed by atoms with E-state index in [1.54, 1.807) is 0 Å². The van der Waals surface area contributed by atoms with Crippen LogP contribution < -0.4 is 16.0 Å². The molecule has 1 fully saturated rings. The summed E-state index contributed by atoms with van der Waals surface area (Å²) in [5, 5.41) is 12.8. The first-order chi connectivity index (χ1) is 15.3. The molecule has 0 saturated carbocycles. The first-order valence-corrected chi connectivity index (χ1v) is 13.1. The number of aryl methyl sites for hydroxylation is 1. The largest absolute Gasteiger partial charge is 0.365 e. The SMILES string of the molecule is CC(C)Cn1c(SC(C)C(=O)Nc2sc3c(c2C(N)=O)CCC3)nnc1N1CCCCC1. The number of carbonyl (C=O) groups is 2. The second-order valence-corrected chi connectivity index (χ2v) is 11.4. The van der Waals surface area contributed by atoms with Gasteiger partial charge in [0.2, 0.25) is 11.9 Å². The Morgan fingerprint density at radius 1 is 1.12 bits per heavy atom. The van der Waals surface area contributed by atoms with Crippen molar-refractivity contribution in [1.82, 2.24) is 14.8 Å². The van der Waals surface area contributed by atoms with Crippen molar-refractivity contribution in [2.45, 2.75) is 76.2 Å². The van der Waals surface area contributed by atoms with Crippen LogP contribution >= 0.6 is 23.1 Å². The topological polar surface area (TPSA) is 106 Å². The van der Waals surface area contributed by atoms with Gasteiger partial charge in [0.25, 0.3) is 5.91 Å². The number of thiophene rings is 1. The van der Waals surface area contributed by atoms with E-state index in [0.29, 0.717) is 16.5 Å². The molecule has 1 unspecified atom stereocenters. The van der Waals surface area contributed by atoms with E-state index in [2.05, 4.69) is 38.8 Å². The fourth-order valence-electron chi connectivity index (χ4n) is 4.40. The van der Waals surface area contributed by atoms with E-state index in [1.165, 1.54) is 42.4 Å². The molecule has 3 heterocycles. The fraction of sp³-hybridized carbons (Fsp3) is 0.636. The van der Waals surface area contributed by atoms with E-state index in [9.17, 15) is 9.59 Å². The van der Waals surface area contributed by atoms with Gasteiger partial charge >= 0.3 is 0 Å². The number of anilines is 2. The Bertz CT molecular complexity index is 993. The molecule has 174 valence electrons. The Kier molecular flexibility index (Phi) is 7.09. The van der Waals surface area contributed by atoms with Gasteiger partial charge in [0.15, 0.2) is 5.16 Å². The van der Waals surface area contributed by atoms with Crippen LogP contribution in [0.1, 0.15) is 67.3 Å². The molecular formula is C22H32N6O2S2. The summed E-state index contributed by atoms with van der Waals surface area (Å²) in [6.07, 6.45) is 6.42. The number of hydrogen-bond donors (Lipinski definition) is 2. The van der Waals surface area contributed by atoms with Gasteiger partial charge < -0.3 is 16.0 Å². The molecule has 0 spiro atoms. The van der Waals surface area contributed by atoms with Crippen molar-refractivity contribution in [1.29, 1.82) is 0 Å². The van der Waals surface area contributed by atoms with Gasteiger partial charge in [-0.25, -0.2) is 0 Å². The zero-order valence-corrected chi connectivity index (χ0v) is 20.7. The number of thioether (sulfide) groups is 1. The van der Waals surface area contributed by atoms with Gasteiger partial charge in [-0.3, -0.25) is 14.2 Å². The zero-order chi connectivity index (χ0) is 22.8. The lowest BCUT2D eigenvalue weighted by Crippen LogP contribution is -2.32. The normalized spacial score (nSPS) is 16.9. The number of aromatic nitrogens is 3. The molecule has 1 saturated heterocycles. The molecule has 1 aliphatic heterocycles. The van der Waals surface area contributed by atoms with Crippen LogP contribution in [0.5, 0.6) is 0 Å². The van der Waals surface area contributed by atoms with Crippen molar-refractivity contribution in [2.24, 2.45) is 11.7 Å². The highest BCUT2D eigenvalue weighted by Crippen LogP contribution is 2.39. The summed E-state index contributed by atoms with van der Waals surface area (Å²) in [6.45, 7) is 9.00. The number of fused-ring (bicyclic) bond motifs is 1. The van der Waals surface area contributed by atoms with E-state index < -0.39 is 11.2 Å². The number of amides is 2. The Labute approximate surface area is 197 Å². The molecule has 2 amide bonds. The maximum atomic E-state index is 13.0. The van der Waals surface area contributed by atoms with Crippen molar-refractivity contribution in [3.63, 3.8) is 0 Å². The minimum absolute atomic E-state index is 0.156. The summed E-state index contributed by atoms with van der Waals surface area (Å²) < 4.78 is 2.15. The zero-order valence-electron chi connectivity index (χ0n) is 19.0. The summed E-state index contributed by atoms with van der Waals surface area (Å²) in [5.74, 6) is 0.711. The van der Waals surface area contributed by atoms with Crippen LogP contribution in [0, 0.1) is 5.92 Å². The van der Waals surface area contributed by atoms with Gasteiger partial charge in [0.05, 0.1) is 10.8 Å². The monoisotopic (exact) mass is 476 g/mol. The van der Waals surface area contributed by atoms with E-state index in [1.807, 2.05) is 6.92 Å². The van der Waals surface area contributed by atoms with Crippen LogP contribution in [-0.2, 0) is 24.2 Å². The lowest BCUT2D eigenvalue weighted by atomic mass is 10.1. The van der Waals surface area contributed by atoms with E-state index in [4.69, 9.17) is 5.73 Å². The number of carbonyl (C=O) groups excluding carboxylic acids is 2. The molecule has 10 heteroatoms. The summed E-state index contributed by atoms with van der Waals surface area (Å²) in [6, 6.07) is 0. The Balaban J connectivity index is 1.50. The fourth-order valence-corrected chi connectivity index (χ4v) is 6.55. The summed E-state index contributed by atoms with van der Waals surface area (Å²) in [4.78, 5) is 28.5. The number of nitrogens with two attached hydrogens (primary N) is 1. The minimum Gasteiger partial charge on any atom is -0.365 e. The third-order valence-electron chi connectivity index (χ3n) is 5.94. The maximum absolute atomic E-state index is 13.0. The predicted molar refractivity (Wildman–Crippen MR) is 130 cm³/mol. The summed E-state index contributed by atoms with van der Waals surface area (Å²) >= 11 is 2.89. The van der Waals surface area contributed by atoms with Crippen LogP contribution in [0.4, 0.5) is 10.9 Å². The van der Waals surface area contributed by atoms with Gasteiger partial charge in [-0.05, 0) is 56.9 Å². The second kappa shape index (κ2) is 9.82. The molecule has 4 rings (SSSR count). The van der Waals surface area contributed by atoms with Crippen LogP contribution in [0.15, 0.2) is 5.16 Å². The molecule has 3 N–H and O–H groups in total. The molecule has 2 aromatic heterocycles. The molecule has 1 aliphatic carbocycles. The Morgan fingerprint density at radius 3 is 2.56 bits per heavy atom. The smallest absolute Gasteiger partial charge is 0.251 e. The summed E-state index contributed by atoms with van der Waals surface area (Å²) in [7, 11) is 0. The lowest BCUT2D eigenvalue weighted by molar-refractivity contribution is -0.115. The lowest BCUT2D eigenvalue weighted by Gasteiger charge is -2.28. The maximum Gasteiger partial charge on any atom is 0.251 e. The number of nitrogens with zero attached hydrogens (tertiary/aromatic N) is 4. The average Bonchev–Trinajstić information content (AvgIpc) is 3.43. The molecule has 1 atom stereocenters. The van der Waals surface area contributed by atoms with E-state index >= 15 is 0 Å². The molecule has 32 heavy (non-hydrogen) atoms. The van der Waals surface area contributed by atoms with Crippen LogP contribution in [0.2, 0.25) is 0 Å². The third kappa shape index (κ3) is 4.80. The van der Waals surface area contributed by atoms with Crippen LogP contribution in [-0.4, -0.2) is 44.9 Å². The number of hydrogen-bond acceptors (Lipinski definition) is 7. The van der Waals surface area contributed by atoms with Crippen LogP contribution in [0.25, 0.3) is 0 Å². The van der Waals surface area contributed by atoms with Crippen molar-refractivity contribution < 1.29 is 9.59 Å². The standard InChI is InChI=1S/C22H32N6O2S2/c1-13(2)12-28-21(27-10-5-4-6-11-27)25-26-22(28)31-14(3)19(30)24-20-17(18(23)29)15-8-7-9-16(15)32-20/h13-14H,4-12H2,1-3H3,(H2,23,29)(H,24,30). The molecule has 2 aliphatic rings. The first kappa shape index (κ1) is 23.1. The summed E-state index contributed by atoms with van der Waals surface area (Å²) in [5.41, 5.74) is 7.14.